The standard InChI is InChI=1S/C22H25NO2/c1-4-8-19(24)21-18(13-22(2,3)14-20(21)25)23-17-12-7-10-15-9-5-6-11-16(15)17/h5-7,9-12,24H,4,8,13-14H2,1-3H3. The lowest BCUT2D eigenvalue weighted by molar-refractivity contribution is -0.117. The normalized spacial score (nSPS) is 20.9. The van der Waals surface area contributed by atoms with Crippen molar-refractivity contribution >= 4 is 28.0 Å². The van der Waals surface area contributed by atoms with Crippen molar-refractivity contribution in [2.24, 2.45) is 10.4 Å². The number of aliphatic hydroxyl groups excluding tert-OH is 1. The maximum atomic E-state index is 12.7. The van der Waals surface area contributed by atoms with Gasteiger partial charge in [0.25, 0.3) is 0 Å². The van der Waals surface area contributed by atoms with E-state index in [-0.39, 0.29) is 17.0 Å². The summed E-state index contributed by atoms with van der Waals surface area (Å²) in [6.07, 6.45) is 2.44. The van der Waals surface area contributed by atoms with Crippen LogP contribution in [-0.2, 0) is 4.79 Å². The fraction of sp³-hybridized carbons (Fsp3) is 0.364. The highest BCUT2D eigenvalue weighted by atomic mass is 16.3. The second kappa shape index (κ2) is 6.83. The Labute approximate surface area is 149 Å². The molecule has 1 aliphatic rings. The third-order valence-electron chi connectivity index (χ3n) is 4.65. The molecule has 0 heterocycles. The monoisotopic (exact) mass is 335 g/mol. The van der Waals surface area contributed by atoms with E-state index in [1.54, 1.807) is 0 Å². The van der Waals surface area contributed by atoms with Crippen molar-refractivity contribution in [3.63, 3.8) is 0 Å². The molecule has 1 aliphatic carbocycles. The molecule has 0 radical (unpaired) electrons. The highest BCUT2D eigenvalue weighted by Crippen LogP contribution is 2.37. The molecule has 2 aromatic rings. The zero-order valence-electron chi connectivity index (χ0n) is 15.2. The average Bonchev–Trinajstić information content (AvgIpc) is 2.54. The molecule has 25 heavy (non-hydrogen) atoms. The summed E-state index contributed by atoms with van der Waals surface area (Å²) in [6, 6.07) is 14.1. The minimum Gasteiger partial charge on any atom is -0.511 e. The highest BCUT2D eigenvalue weighted by molar-refractivity contribution is 6.25. The van der Waals surface area contributed by atoms with E-state index in [1.165, 1.54) is 0 Å². The Morgan fingerprint density at radius 3 is 2.60 bits per heavy atom. The topological polar surface area (TPSA) is 49.7 Å². The van der Waals surface area contributed by atoms with Gasteiger partial charge in [-0.25, -0.2) is 0 Å². The van der Waals surface area contributed by atoms with Crippen LogP contribution in [0.15, 0.2) is 58.8 Å². The van der Waals surface area contributed by atoms with Gasteiger partial charge in [0.05, 0.1) is 17.0 Å². The van der Waals surface area contributed by atoms with Crippen molar-refractivity contribution in [1.82, 2.24) is 0 Å². The van der Waals surface area contributed by atoms with E-state index >= 15 is 0 Å². The summed E-state index contributed by atoms with van der Waals surface area (Å²) in [7, 11) is 0. The molecule has 1 fully saturated rings. The molecule has 130 valence electrons. The molecule has 3 rings (SSSR count). The lowest BCUT2D eigenvalue weighted by Crippen LogP contribution is -2.32. The van der Waals surface area contributed by atoms with Crippen molar-refractivity contribution in [3.8, 4) is 0 Å². The summed E-state index contributed by atoms with van der Waals surface area (Å²) in [5.41, 5.74) is 1.86. The molecule has 0 unspecified atom stereocenters. The first-order valence-corrected chi connectivity index (χ1v) is 8.92. The number of rotatable bonds is 3. The first kappa shape index (κ1) is 17.4. The van der Waals surface area contributed by atoms with Gasteiger partial charge in [0.15, 0.2) is 5.78 Å². The Balaban J connectivity index is 2.17. The van der Waals surface area contributed by atoms with Gasteiger partial charge in [-0.1, -0.05) is 57.2 Å². The number of fused-ring (bicyclic) bond motifs is 1. The zero-order chi connectivity index (χ0) is 18.0. The molecule has 2 aromatic carbocycles. The molecular formula is C22H25NO2. The number of carbonyl (C=O) groups excluding carboxylic acids is 1. The van der Waals surface area contributed by atoms with Crippen LogP contribution < -0.4 is 0 Å². The summed E-state index contributed by atoms with van der Waals surface area (Å²) in [6.45, 7) is 6.16. The molecular weight excluding hydrogens is 310 g/mol. The van der Waals surface area contributed by atoms with Gasteiger partial charge in [-0.2, -0.15) is 0 Å². The lowest BCUT2D eigenvalue weighted by atomic mass is 9.73. The van der Waals surface area contributed by atoms with Crippen molar-refractivity contribution in [3.05, 3.63) is 53.8 Å². The molecule has 0 aliphatic heterocycles. The molecule has 0 bridgehead atoms. The number of allylic oxidation sites excluding steroid dienone is 2. The van der Waals surface area contributed by atoms with Crippen molar-refractivity contribution in [2.75, 3.05) is 0 Å². The van der Waals surface area contributed by atoms with Crippen molar-refractivity contribution < 1.29 is 9.90 Å². The minimum atomic E-state index is -0.142. The van der Waals surface area contributed by atoms with Crippen molar-refractivity contribution in [1.29, 1.82) is 0 Å². The minimum absolute atomic E-state index is 0.00110. The predicted molar refractivity (Wildman–Crippen MR) is 104 cm³/mol. The van der Waals surface area contributed by atoms with Gasteiger partial charge >= 0.3 is 0 Å². The van der Waals surface area contributed by atoms with E-state index in [2.05, 4.69) is 26.0 Å². The number of benzene rings is 2. The van der Waals surface area contributed by atoms with E-state index in [9.17, 15) is 9.90 Å². The second-order valence-electron chi connectivity index (χ2n) is 7.57. The molecule has 3 nitrogen and oxygen atoms in total. The van der Waals surface area contributed by atoms with Gasteiger partial charge in [0, 0.05) is 18.2 Å². The van der Waals surface area contributed by atoms with Crippen LogP contribution in [0.3, 0.4) is 0 Å². The lowest BCUT2D eigenvalue weighted by Gasteiger charge is -2.31. The highest BCUT2D eigenvalue weighted by Gasteiger charge is 2.36. The van der Waals surface area contributed by atoms with Gasteiger partial charge in [-0.05, 0) is 29.7 Å². The van der Waals surface area contributed by atoms with E-state index in [1.807, 2.05) is 37.3 Å². The third-order valence-corrected chi connectivity index (χ3v) is 4.65. The number of Topliss-reactive ketones (excluding diaryl/α,β-unsaturated/α-hetero) is 1. The fourth-order valence-corrected chi connectivity index (χ4v) is 3.52. The number of ketones is 1. The third kappa shape index (κ3) is 3.65. The molecule has 3 heteroatoms. The molecule has 0 atom stereocenters. The van der Waals surface area contributed by atoms with Gasteiger partial charge in [-0.15, -0.1) is 0 Å². The van der Waals surface area contributed by atoms with Crippen LogP contribution in [0.2, 0.25) is 0 Å². The molecule has 0 spiro atoms. The van der Waals surface area contributed by atoms with Crippen LogP contribution >= 0.6 is 0 Å². The summed E-state index contributed by atoms with van der Waals surface area (Å²) in [5, 5.41) is 12.6. The number of hydrogen-bond acceptors (Lipinski definition) is 3. The van der Waals surface area contributed by atoms with Crippen LogP contribution in [0, 0.1) is 5.41 Å². The first-order chi connectivity index (χ1) is 11.9. The van der Waals surface area contributed by atoms with Crippen LogP contribution in [0.4, 0.5) is 5.69 Å². The van der Waals surface area contributed by atoms with Gasteiger partial charge in [-0.3, -0.25) is 9.79 Å². The number of nitrogens with zero attached hydrogens (tertiary/aromatic N) is 1. The van der Waals surface area contributed by atoms with E-state index < -0.39 is 0 Å². The smallest absolute Gasteiger partial charge is 0.168 e. The van der Waals surface area contributed by atoms with Gasteiger partial charge < -0.3 is 5.11 Å². The predicted octanol–water partition coefficient (Wildman–Crippen LogP) is 5.91. The Kier molecular flexibility index (Phi) is 4.76. The second-order valence-corrected chi connectivity index (χ2v) is 7.57. The maximum Gasteiger partial charge on any atom is 0.168 e. The molecule has 1 saturated carbocycles. The number of carbonyl (C=O) groups is 1. The quantitative estimate of drug-likeness (QED) is 0.559. The van der Waals surface area contributed by atoms with E-state index in [0.29, 0.717) is 30.5 Å². The van der Waals surface area contributed by atoms with Crippen molar-refractivity contribution in [2.45, 2.75) is 46.5 Å². The largest absolute Gasteiger partial charge is 0.511 e. The molecule has 1 N–H and O–H groups in total. The average molecular weight is 335 g/mol. The number of hydrogen-bond donors (Lipinski definition) is 1. The van der Waals surface area contributed by atoms with Crippen LogP contribution in [0.25, 0.3) is 10.8 Å². The SMILES string of the molecule is CCCC(O)=C1C(=O)CC(C)(C)CC1=Nc1cccc2ccccc12. The Morgan fingerprint density at radius 2 is 1.84 bits per heavy atom. The van der Waals surface area contributed by atoms with Crippen LogP contribution in [0.5, 0.6) is 0 Å². The van der Waals surface area contributed by atoms with Gasteiger partial charge in [0.1, 0.15) is 5.76 Å². The summed E-state index contributed by atoms with van der Waals surface area (Å²) >= 11 is 0. The van der Waals surface area contributed by atoms with E-state index in [4.69, 9.17) is 4.99 Å². The Hall–Kier alpha value is -2.42. The van der Waals surface area contributed by atoms with Crippen LogP contribution in [0.1, 0.15) is 46.5 Å². The number of aliphatic imine (C=N–C) groups is 1. The van der Waals surface area contributed by atoms with Crippen LogP contribution in [-0.4, -0.2) is 16.6 Å². The van der Waals surface area contributed by atoms with E-state index in [0.717, 1.165) is 22.9 Å². The molecule has 0 amide bonds. The zero-order valence-corrected chi connectivity index (χ0v) is 15.2. The summed E-state index contributed by atoms with van der Waals surface area (Å²) < 4.78 is 0. The van der Waals surface area contributed by atoms with Gasteiger partial charge in [0.2, 0.25) is 0 Å². The fourth-order valence-electron chi connectivity index (χ4n) is 3.52. The first-order valence-electron chi connectivity index (χ1n) is 8.92. The maximum absolute atomic E-state index is 12.7. The molecule has 0 saturated heterocycles. The summed E-state index contributed by atoms with van der Waals surface area (Å²) in [5.74, 6) is 0.183. The Bertz CT molecular complexity index is 869. The number of aliphatic hydroxyl groups is 1. The summed E-state index contributed by atoms with van der Waals surface area (Å²) in [4.78, 5) is 17.5. The molecule has 0 aromatic heterocycles. The Morgan fingerprint density at radius 1 is 1.12 bits per heavy atom.